The fourth-order valence-corrected chi connectivity index (χ4v) is 2.81. The number of carbonyl (C=O) groups is 2. The molecule has 0 bridgehead atoms. The maximum atomic E-state index is 11.2. The van der Waals surface area contributed by atoms with Gasteiger partial charge in [-0.25, -0.2) is 0 Å². The van der Waals surface area contributed by atoms with E-state index in [4.69, 9.17) is 14.2 Å². The fourth-order valence-electron chi connectivity index (χ4n) is 2.81. The zero-order valence-corrected chi connectivity index (χ0v) is 13.7. The summed E-state index contributed by atoms with van der Waals surface area (Å²) in [6, 6.07) is 0. The number of ether oxygens (including phenoxy) is 3. The maximum Gasteiger partial charge on any atom is 0.303 e. The van der Waals surface area contributed by atoms with Crippen LogP contribution in [0.5, 0.6) is 0 Å². The predicted octanol–water partition coefficient (Wildman–Crippen LogP) is 2.39. The van der Waals surface area contributed by atoms with E-state index in [1.807, 2.05) is 0 Å². The smallest absolute Gasteiger partial charge is 0.303 e. The van der Waals surface area contributed by atoms with Gasteiger partial charge in [-0.1, -0.05) is 31.1 Å². The molecule has 0 spiro atoms. The van der Waals surface area contributed by atoms with E-state index in [0.717, 1.165) is 12.8 Å². The van der Waals surface area contributed by atoms with Crippen molar-refractivity contribution in [2.45, 2.75) is 64.3 Å². The van der Waals surface area contributed by atoms with Crippen LogP contribution >= 0.6 is 0 Å². The van der Waals surface area contributed by atoms with Crippen LogP contribution < -0.4 is 0 Å². The molecule has 2 aliphatic rings. The Bertz CT molecular complexity index is 507. The predicted molar refractivity (Wildman–Crippen MR) is 84.3 cm³/mol. The van der Waals surface area contributed by atoms with Gasteiger partial charge < -0.3 is 14.2 Å². The third kappa shape index (κ3) is 6.07. The summed E-state index contributed by atoms with van der Waals surface area (Å²) >= 11 is 0. The number of hydrogen-bond donors (Lipinski definition) is 0. The summed E-state index contributed by atoms with van der Waals surface area (Å²) in [4.78, 5) is 22.2. The molecule has 0 saturated heterocycles. The Balaban J connectivity index is 1.98. The van der Waals surface area contributed by atoms with Crippen LogP contribution in [0.15, 0.2) is 12.2 Å². The third-order valence-corrected chi connectivity index (χ3v) is 3.95. The first-order chi connectivity index (χ1) is 11.0. The van der Waals surface area contributed by atoms with Gasteiger partial charge in [-0.2, -0.15) is 0 Å². The normalized spacial score (nSPS) is 27.7. The first-order valence-electron chi connectivity index (χ1n) is 8.20. The number of carbonyl (C=O) groups excluding carboxylic acids is 2. The molecule has 0 aromatic heterocycles. The average molecular weight is 320 g/mol. The molecule has 3 atom stereocenters. The van der Waals surface area contributed by atoms with Gasteiger partial charge in [0.2, 0.25) is 0 Å². The SMILES string of the molecule is CC(=O)OC[C@H]1O[C@H](C#CC2CCCCC2)C=C[C@H]1OC(C)=O. The first kappa shape index (κ1) is 17.6. The molecule has 0 amide bonds. The second-order valence-electron chi connectivity index (χ2n) is 5.98. The third-order valence-electron chi connectivity index (χ3n) is 3.95. The van der Waals surface area contributed by atoms with Crippen molar-refractivity contribution in [2.75, 3.05) is 6.61 Å². The standard InChI is InChI=1S/C18H24O5/c1-13(19)21-12-18-17(22-14(2)20)11-10-16(23-18)9-8-15-6-4-3-5-7-15/h10-11,15-18H,3-7,12H2,1-2H3/t16-,17-,18-/m1/s1. The lowest BCUT2D eigenvalue weighted by Gasteiger charge is -2.29. The minimum atomic E-state index is -0.556. The molecule has 0 radical (unpaired) electrons. The van der Waals surface area contributed by atoms with Crippen molar-refractivity contribution in [3.8, 4) is 11.8 Å². The van der Waals surface area contributed by atoms with Crippen LogP contribution in [0.25, 0.3) is 0 Å². The number of hydrogen-bond acceptors (Lipinski definition) is 5. The molecule has 1 aliphatic heterocycles. The molecule has 0 aromatic carbocycles. The van der Waals surface area contributed by atoms with Crippen LogP contribution in [-0.2, 0) is 23.8 Å². The van der Waals surface area contributed by atoms with Crippen molar-refractivity contribution in [2.24, 2.45) is 5.92 Å². The summed E-state index contributed by atoms with van der Waals surface area (Å²) in [6.07, 6.45) is 8.20. The van der Waals surface area contributed by atoms with E-state index < -0.39 is 24.1 Å². The Labute approximate surface area is 137 Å². The molecule has 5 nitrogen and oxygen atoms in total. The summed E-state index contributed by atoms with van der Waals surface area (Å²) in [5.41, 5.74) is 0. The molecular formula is C18H24O5. The molecular weight excluding hydrogens is 296 g/mol. The van der Waals surface area contributed by atoms with Crippen LogP contribution in [0.3, 0.4) is 0 Å². The van der Waals surface area contributed by atoms with Gasteiger partial charge in [-0.15, -0.1) is 0 Å². The number of esters is 2. The Morgan fingerprint density at radius 3 is 2.48 bits per heavy atom. The molecule has 0 N–H and O–H groups in total. The van der Waals surface area contributed by atoms with Crippen molar-refractivity contribution >= 4 is 11.9 Å². The summed E-state index contributed by atoms with van der Waals surface area (Å²) in [5, 5.41) is 0. The van der Waals surface area contributed by atoms with E-state index in [-0.39, 0.29) is 12.7 Å². The molecule has 0 unspecified atom stereocenters. The van der Waals surface area contributed by atoms with E-state index >= 15 is 0 Å². The van der Waals surface area contributed by atoms with Crippen LogP contribution in [0, 0.1) is 17.8 Å². The van der Waals surface area contributed by atoms with E-state index in [2.05, 4.69) is 11.8 Å². The van der Waals surface area contributed by atoms with Crippen molar-refractivity contribution in [1.82, 2.24) is 0 Å². The largest absolute Gasteiger partial charge is 0.463 e. The fraction of sp³-hybridized carbons (Fsp3) is 0.667. The van der Waals surface area contributed by atoms with Crippen molar-refractivity contribution in [3.05, 3.63) is 12.2 Å². The molecule has 1 aliphatic carbocycles. The topological polar surface area (TPSA) is 61.8 Å². The molecule has 126 valence electrons. The maximum absolute atomic E-state index is 11.2. The molecule has 1 fully saturated rings. The van der Waals surface area contributed by atoms with E-state index in [1.165, 1.54) is 33.1 Å². The van der Waals surface area contributed by atoms with Crippen molar-refractivity contribution < 1.29 is 23.8 Å². The Kier molecular flexibility index (Phi) is 6.66. The highest BCUT2D eigenvalue weighted by atomic mass is 16.6. The average Bonchev–Trinajstić information content (AvgIpc) is 2.53. The Morgan fingerprint density at radius 2 is 1.83 bits per heavy atom. The van der Waals surface area contributed by atoms with Gasteiger partial charge in [0.25, 0.3) is 0 Å². The summed E-state index contributed by atoms with van der Waals surface area (Å²) in [6.45, 7) is 2.71. The summed E-state index contributed by atoms with van der Waals surface area (Å²) < 4.78 is 16.0. The molecule has 23 heavy (non-hydrogen) atoms. The summed E-state index contributed by atoms with van der Waals surface area (Å²) in [5.74, 6) is 6.08. The lowest BCUT2D eigenvalue weighted by molar-refractivity contribution is -0.161. The lowest BCUT2D eigenvalue weighted by Crippen LogP contribution is -2.41. The molecule has 1 heterocycles. The van der Waals surface area contributed by atoms with Gasteiger partial charge >= 0.3 is 11.9 Å². The quantitative estimate of drug-likeness (QED) is 0.454. The Hall–Kier alpha value is -1.80. The molecule has 1 saturated carbocycles. The molecule has 2 rings (SSSR count). The van der Waals surface area contributed by atoms with Crippen molar-refractivity contribution in [3.63, 3.8) is 0 Å². The monoisotopic (exact) mass is 320 g/mol. The first-order valence-corrected chi connectivity index (χ1v) is 8.20. The zero-order valence-electron chi connectivity index (χ0n) is 13.7. The lowest BCUT2D eigenvalue weighted by atomic mass is 9.89. The van der Waals surface area contributed by atoms with Gasteiger partial charge in [0.15, 0.2) is 0 Å². The van der Waals surface area contributed by atoms with Gasteiger partial charge in [-0.3, -0.25) is 9.59 Å². The van der Waals surface area contributed by atoms with E-state index in [1.54, 1.807) is 12.2 Å². The van der Waals surface area contributed by atoms with Crippen LogP contribution in [0.2, 0.25) is 0 Å². The van der Waals surface area contributed by atoms with Gasteiger partial charge in [-0.05, 0) is 25.0 Å². The van der Waals surface area contributed by atoms with E-state index in [0.29, 0.717) is 5.92 Å². The van der Waals surface area contributed by atoms with Crippen molar-refractivity contribution in [1.29, 1.82) is 0 Å². The highest BCUT2D eigenvalue weighted by Gasteiger charge is 2.30. The highest BCUT2D eigenvalue weighted by molar-refractivity contribution is 5.66. The van der Waals surface area contributed by atoms with E-state index in [9.17, 15) is 9.59 Å². The van der Waals surface area contributed by atoms with Crippen LogP contribution in [-0.4, -0.2) is 36.9 Å². The number of rotatable bonds is 3. The highest BCUT2D eigenvalue weighted by Crippen LogP contribution is 2.23. The molecule has 0 aromatic rings. The van der Waals surface area contributed by atoms with Gasteiger partial charge in [0, 0.05) is 19.8 Å². The van der Waals surface area contributed by atoms with Gasteiger partial charge in [0.05, 0.1) is 0 Å². The Morgan fingerprint density at radius 1 is 1.09 bits per heavy atom. The minimum Gasteiger partial charge on any atom is -0.463 e. The second-order valence-corrected chi connectivity index (χ2v) is 5.98. The van der Waals surface area contributed by atoms with Crippen LogP contribution in [0.4, 0.5) is 0 Å². The second kappa shape index (κ2) is 8.73. The van der Waals surface area contributed by atoms with Gasteiger partial charge in [0.1, 0.15) is 24.9 Å². The summed E-state index contributed by atoms with van der Waals surface area (Å²) in [7, 11) is 0. The van der Waals surface area contributed by atoms with Crippen LogP contribution in [0.1, 0.15) is 46.0 Å². The zero-order chi connectivity index (χ0) is 16.7. The molecule has 5 heteroatoms. The minimum absolute atomic E-state index is 0.0409.